The summed E-state index contributed by atoms with van der Waals surface area (Å²) >= 11 is 23.7. The van der Waals surface area contributed by atoms with Gasteiger partial charge in [0.05, 0.1) is 15.7 Å². The Labute approximate surface area is 135 Å². The minimum Gasteiger partial charge on any atom is -0.319 e. The largest absolute Gasteiger partial charge is 0.319 e. The smallest absolute Gasteiger partial charge is 0.255 e. The van der Waals surface area contributed by atoms with Gasteiger partial charge < -0.3 is 5.32 Å². The standard InChI is InChI=1S/C13H8Cl4N2O/c1-6-2-3-8(14)12(11(6)17)19-13(20)7-4-9(15)18-10(16)5-7/h2-5H,1H3,(H,19,20). The Bertz CT molecular complexity index is 668. The lowest BCUT2D eigenvalue weighted by molar-refractivity contribution is 0.102. The molecule has 0 aliphatic carbocycles. The van der Waals surface area contributed by atoms with Gasteiger partial charge in [0, 0.05) is 5.56 Å². The van der Waals surface area contributed by atoms with E-state index in [1.165, 1.54) is 12.1 Å². The molecule has 2 aromatic rings. The van der Waals surface area contributed by atoms with Crippen LogP contribution in [0.5, 0.6) is 0 Å². The van der Waals surface area contributed by atoms with Crippen molar-refractivity contribution in [1.29, 1.82) is 0 Å². The molecule has 1 heterocycles. The first-order valence-corrected chi connectivity index (χ1v) is 6.98. The van der Waals surface area contributed by atoms with Gasteiger partial charge in [0.2, 0.25) is 0 Å². The van der Waals surface area contributed by atoms with Crippen molar-refractivity contribution in [1.82, 2.24) is 4.98 Å². The van der Waals surface area contributed by atoms with Gasteiger partial charge in [-0.05, 0) is 30.7 Å². The van der Waals surface area contributed by atoms with Crippen LogP contribution in [0, 0.1) is 6.92 Å². The number of aromatic nitrogens is 1. The second-order valence-electron chi connectivity index (χ2n) is 4.01. The Morgan fingerprint density at radius 3 is 2.30 bits per heavy atom. The van der Waals surface area contributed by atoms with Gasteiger partial charge in [-0.1, -0.05) is 52.5 Å². The number of aryl methyl sites for hydroxylation is 1. The maximum atomic E-state index is 12.2. The van der Waals surface area contributed by atoms with Crippen LogP contribution in [-0.4, -0.2) is 10.9 Å². The van der Waals surface area contributed by atoms with Crippen molar-refractivity contribution in [2.24, 2.45) is 0 Å². The topological polar surface area (TPSA) is 42.0 Å². The predicted octanol–water partition coefficient (Wildman–Crippen LogP) is 5.26. The molecule has 0 aliphatic heterocycles. The molecule has 0 saturated heterocycles. The summed E-state index contributed by atoms with van der Waals surface area (Å²) in [6.07, 6.45) is 0. The molecule has 20 heavy (non-hydrogen) atoms. The van der Waals surface area contributed by atoms with E-state index in [-0.39, 0.29) is 15.9 Å². The van der Waals surface area contributed by atoms with Crippen molar-refractivity contribution in [3.63, 3.8) is 0 Å². The second-order valence-corrected chi connectivity index (χ2v) is 5.57. The monoisotopic (exact) mass is 348 g/mol. The predicted molar refractivity (Wildman–Crippen MR) is 83.4 cm³/mol. The van der Waals surface area contributed by atoms with E-state index in [0.29, 0.717) is 15.7 Å². The number of carbonyl (C=O) groups excluding carboxylic acids is 1. The third-order valence-corrected chi connectivity index (χ3v) is 3.74. The number of pyridine rings is 1. The zero-order valence-electron chi connectivity index (χ0n) is 10.2. The van der Waals surface area contributed by atoms with E-state index in [1.807, 2.05) is 6.92 Å². The highest BCUT2D eigenvalue weighted by Gasteiger charge is 2.14. The lowest BCUT2D eigenvalue weighted by Gasteiger charge is -2.11. The van der Waals surface area contributed by atoms with Gasteiger partial charge in [0.25, 0.3) is 5.91 Å². The molecule has 1 amide bonds. The van der Waals surface area contributed by atoms with E-state index < -0.39 is 5.91 Å². The normalized spacial score (nSPS) is 10.4. The molecule has 2 rings (SSSR count). The summed E-state index contributed by atoms with van der Waals surface area (Å²) in [4.78, 5) is 15.9. The van der Waals surface area contributed by atoms with Crippen molar-refractivity contribution >= 4 is 58.0 Å². The van der Waals surface area contributed by atoms with Crippen molar-refractivity contribution in [3.05, 3.63) is 55.7 Å². The minimum absolute atomic E-state index is 0.129. The lowest BCUT2D eigenvalue weighted by atomic mass is 10.2. The highest BCUT2D eigenvalue weighted by molar-refractivity contribution is 6.40. The van der Waals surface area contributed by atoms with Crippen molar-refractivity contribution in [2.75, 3.05) is 5.32 Å². The molecule has 0 fully saturated rings. The van der Waals surface area contributed by atoms with Crippen LogP contribution in [0.1, 0.15) is 15.9 Å². The number of carbonyl (C=O) groups is 1. The van der Waals surface area contributed by atoms with E-state index >= 15 is 0 Å². The SMILES string of the molecule is Cc1ccc(Cl)c(NC(=O)c2cc(Cl)nc(Cl)c2)c1Cl. The Hall–Kier alpha value is -1.000. The number of rotatable bonds is 2. The Balaban J connectivity index is 2.35. The van der Waals surface area contributed by atoms with Gasteiger partial charge in [-0.25, -0.2) is 4.98 Å². The first kappa shape index (κ1) is 15.4. The summed E-state index contributed by atoms with van der Waals surface area (Å²) in [5, 5.41) is 3.63. The molecule has 3 nitrogen and oxygen atoms in total. The molecule has 1 aromatic carbocycles. The number of hydrogen-bond acceptors (Lipinski definition) is 2. The Morgan fingerprint density at radius 2 is 1.70 bits per heavy atom. The summed E-state index contributed by atoms with van der Waals surface area (Å²) in [7, 11) is 0. The van der Waals surface area contributed by atoms with E-state index in [2.05, 4.69) is 10.3 Å². The number of nitrogens with zero attached hydrogens (tertiary/aromatic N) is 1. The molecule has 104 valence electrons. The van der Waals surface area contributed by atoms with E-state index in [9.17, 15) is 4.79 Å². The lowest BCUT2D eigenvalue weighted by Crippen LogP contribution is -2.13. The molecule has 0 radical (unpaired) electrons. The van der Waals surface area contributed by atoms with Gasteiger partial charge in [-0.3, -0.25) is 4.79 Å². The maximum absolute atomic E-state index is 12.2. The van der Waals surface area contributed by atoms with Crippen molar-refractivity contribution < 1.29 is 4.79 Å². The summed E-state index contributed by atoms with van der Waals surface area (Å²) < 4.78 is 0. The number of hydrogen-bond donors (Lipinski definition) is 1. The summed E-state index contributed by atoms with van der Waals surface area (Å²) in [5.41, 5.74) is 1.42. The number of amides is 1. The number of nitrogens with one attached hydrogen (secondary N) is 1. The van der Waals surface area contributed by atoms with Gasteiger partial charge in [0.15, 0.2) is 0 Å². The van der Waals surface area contributed by atoms with Crippen LogP contribution < -0.4 is 5.32 Å². The molecule has 1 aromatic heterocycles. The van der Waals surface area contributed by atoms with Crippen LogP contribution in [-0.2, 0) is 0 Å². The molecule has 0 aliphatic rings. The zero-order chi connectivity index (χ0) is 14.9. The van der Waals surface area contributed by atoms with Crippen LogP contribution in [0.3, 0.4) is 0 Å². The first-order valence-electron chi connectivity index (χ1n) is 5.47. The fourth-order valence-corrected chi connectivity index (χ4v) is 2.48. The molecular weight excluding hydrogens is 342 g/mol. The van der Waals surface area contributed by atoms with Gasteiger partial charge in [-0.2, -0.15) is 0 Å². The molecule has 0 saturated carbocycles. The van der Waals surface area contributed by atoms with Crippen molar-refractivity contribution in [2.45, 2.75) is 6.92 Å². The molecular formula is C13H8Cl4N2O. The third-order valence-electron chi connectivity index (χ3n) is 2.55. The molecule has 0 unspecified atom stereocenters. The van der Waals surface area contributed by atoms with Crippen LogP contribution in [0.4, 0.5) is 5.69 Å². The highest BCUT2D eigenvalue weighted by atomic mass is 35.5. The Kier molecular flexibility index (Phi) is 4.76. The third kappa shape index (κ3) is 3.36. The number of benzene rings is 1. The van der Waals surface area contributed by atoms with Crippen LogP contribution >= 0.6 is 46.4 Å². The molecule has 1 N–H and O–H groups in total. The summed E-state index contributed by atoms with van der Waals surface area (Å²) in [6.45, 7) is 1.81. The number of anilines is 1. The van der Waals surface area contributed by atoms with Crippen LogP contribution in [0.15, 0.2) is 24.3 Å². The molecule has 0 bridgehead atoms. The number of halogens is 4. The van der Waals surface area contributed by atoms with Gasteiger partial charge in [0.1, 0.15) is 10.3 Å². The fraction of sp³-hybridized carbons (Fsp3) is 0.0769. The van der Waals surface area contributed by atoms with Gasteiger partial charge in [-0.15, -0.1) is 0 Å². The average Bonchev–Trinajstić information content (AvgIpc) is 2.38. The van der Waals surface area contributed by atoms with E-state index in [1.54, 1.807) is 12.1 Å². The van der Waals surface area contributed by atoms with Crippen LogP contribution in [0.2, 0.25) is 20.4 Å². The zero-order valence-corrected chi connectivity index (χ0v) is 13.2. The molecule has 0 spiro atoms. The van der Waals surface area contributed by atoms with Crippen molar-refractivity contribution in [3.8, 4) is 0 Å². The molecule has 7 heteroatoms. The van der Waals surface area contributed by atoms with Crippen LogP contribution in [0.25, 0.3) is 0 Å². The van der Waals surface area contributed by atoms with E-state index in [4.69, 9.17) is 46.4 Å². The summed E-state index contributed by atoms with van der Waals surface area (Å²) in [6, 6.07) is 6.23. The molecule has 0 atom stereocenters. The van der Waals surface area contributed by atoms with E-state index in [0.717, 1.165) is 5.56 Å². The first-order chi connectivity index (χ1) is 9.38. The Morgan fingerprint density at radius 1 is 1.10 bits per heavy atom. The maximum Gasteiger partial charge on any atom is 0.255 e. The fourth-order valence-electron chi connectivity index (χ4n) is 1.55. The van der Waals surface area contributed by atoms with Gasteiger partial charge >= 0.3 is 0 Å². The average molecular weight is 350 g/mol. The summed E-state index contributed by atoms with van der Waals surface area (Å²) in [5.74, 6) is -0.425. The highest BCUT2D eigenvalue weighted by Crippen LogP contribution is 2.33. The quantitative estimate of drug-likeness (QED) is 0.751. The second kappa shape index (κ2) is 6.19. The minimum atomic E-state index is -0.425.